The lowest BCUT2D eigenvalue weighted by molar-refractivity contribution is -0.153. The number of aryl methyl sites for hydroxylation is 1. The molecule has 2 rings (SSSR count). The molecule has 2 aromatic rings. The van der Waals surface area contributed by atoms with E-state index in [-0.39, 0.29) is 19.4 Å². The van der Waals surface area contributed by atoms with Gasteiger partial charge in [-0.25, -0.2) is 20.0 Å². The molecule has 36 heavy (non-hydrogen) atoms. The molecule has 0 aromatic heterocycles. The fourth-order valence-corrected chi connectivity index (χ4v) is 3.58. The number of ether oxygens (including phenoxy) is 3. The van der Waals surface area contributed by atoms with Crippen LogP contribution >= 0.6 is 0 Å². The van der Waals surface area contributed by atoms with Crippen molar-refractivity contribution in [2.45, 2.75) is 65.1 Å². The number of carboxylic acids is 1. The molecule has 9 heteroatoms. The van der Waals surface area contributed by atoms with E-state index in [0.29, 0.717) is 11.3 Å². The number of nitrogens with zero attached hydrogens (tertiary/aromatic N) is 1. The van der Waals surface area contributed by atoms with Crippen LogP contribution in [0.25, 0.3) is 0 Å². The van der Waals surface area contributed by atoms with Gasteiger partial charge in [-0.05, 0) is 51.8 Å². The van der Waals surface area contributed by atoms with Crippen LogP contribution in [-0.4, -0.2) is 59.5 Å². The molecule has 2 N–H and O–H groups in total. The number of methoxy groups -OCH3 is 1. The summed E-state index contributed by atoms with van der Waals surface area (Å²) in [6.07, 6.45) is -0.814. The Hall–Kier alpha value is -3.59. The lowest BCUT2D eigenvalue weighted by Gasteiger charge is -2.34. The van der Waals surface area contributed by atoms with E-state index in [0.717, 1.165) is 16.1 Å². The van der Waals surface area contributed by atoms with Gasteiger partial charge in [0, 0.05) is 12.8 Å². The molecule has 0 spiro atoms. The molecule has 0 fully saturated rings. The average Bonchev–Trinajstić information content (AvgIpc) is 2.80. The van der Waals surface area contributed by atoms with Crippen molar-refractivity contribution in [1.29, 1.82) is 0 Å². The third kappa shape index (κ3) is 8.57. The van der Waals surface area contributed by atoms with Crippen molar-refractivity contribution < 1.29 is 33.7 Å². The van der Waals surface area contributed by atoms with E-state index >= 15 is 0 Å². The zero-order valence-electron chi connectivity index (χ0n) is 21.7. The molecular weight excluding hydrogens is 464 g/mol. The van der Waals surface area contributed by atoms with E-state index in [1.54, 1.807) is 33.8 Å². The molecule has 0 aliphatic heterocycles. The molecule has 2 atom stereocenters. The number of hydrazine groups is 1. The molecule has 1 amide bonds. The van der Waals surface area contributed by atoms with Gasteiger partial charge in [-0.15, -0.1) is 0 Å². The minimum Gasteiger partial charge on any atom is -0.496 e. The van der Waals surface area contributed by atoms with Crippen molar-refractivity contribution in [3.05, 3.63) is 65.2 Å². The topological polar surface area (TPSA) is 114 Å². The van der Waals surface area contributed by atoms with Gasteiger partial charge in [0.25, 0.3) is 0 Å². The number of hydrogen-bond acceptors (Lipinski definition) is 7. The Morgan fingerprint density at radius 1 is 1.06 bits per heavy atom. The van der Waals surface area contributed by atoms with E-state index in [2.05, 4.69) is 5.43 Å². The SMILES string of the molecule is CCOC(=O)[C@H](Cc1ccccc1)N(N[C@@H](Cc1cc(C)ccc1OC)C(=O)O)C(=O)OC(C)(C)C. The highest BCUT2D eigenvalue weighted by atomic mass is 16.6. The first-order valence-electron chi connectivity index (χ1n) is 11.8. The van der Waals surface area contributed by atoms with E-state index in [1.807, 2.05) is 49.4 Å². The van der Waals surface area contributed by atoms with Crippen molar-refractivity contribution in [2.24, 2.45) is 0 Å². The van der Waals surface area contributed by atoms with Crippen LogP contribution < -0.4 is 10.2 Å². The maximum Gasteiger partial charge on any atom is 0.425 e. The van der Waals surface area contributed by atoms with Gasteiger partial charge in [-0.1, -0.05) is 48.0 Å². The summed E-state index contributed by atoms with van der Waals surface area (Å²) in [6, 6.07) is 12.1. The quantitative estimate of drug-likeness (QED) is 0.353. The Labute approximate surface area is 212 Å². The smallest absolute Gasteiger partial charge is 0.425 e. The Bertz CT molecular complexity index is 1030. The van der Waals surface area contributed by atoms with Gasteiger partial charge in [0.05, 0.1) is 13.7 Å². The second-order valence-corrected chi connectivity index (χ2v) is 9.35. The number of carboxylic acid groups (broad SMARTS) is 1. The average molecular weight is 501 g/mol. The Balaban J connectivity index is 2.48. The molecule has 0 unspecified atom stereocenters. The number of hydrogen-bond donors (Lipinski definition) is 2. The first kappa shape index (κ1) is 28.6. The highest BCUT2D eigenvalue weighted by Gasteiger charge is 2.37. The van der Waals surface area contributed by atoms with E-state index < -0.39 is 35.7 Å². The van der Waals surface area contributed by atoms with Gasteiger partial charge in [-0.3, -0.25) is 4.79 Å². The van der Waals surface area contributed by atoms with Gasteiger partial charge >= 0.3 is 18.0 Å². The Morgan fingerprint density at radius 3 is 2.28 bits per heavy atom. The van der Waals surface area contributed by atoms with Crippen molar-refractivity contribution in [3.8, 4) is 5.75 Å². The zero-order chi connectivity index (χ0) is 26.9. The minimum absolute atomic E-state index is 0.0135. The third-order valence-electron chi connectivity index (χ3n) is 5.19. The summed E-state index contributed by atoms with van der Waals surface area (Å²) < 4.78 is 16.2. The predicted octanol–water partition coefficient (Wildman–Crippen LogP) is 3.92. The number of nitrogens with one attached hydrogen (secondary N) is 1. The summed E-state index contributed by atoms with van der Waals surface area (Å²) >= 11 is 0. The standard InChI is InChI=1S/C27H36N2O7/c1-7-35-25(32)22(16-19-11-9-8-10-12-19)29(26(33)36-27(3,4)5)28-21(24(30)31)17-20-15-18(2)13-14-23(20)34-6/h8-15,21-22,28H,7,16-17H2,1-6H3,(H,30,31)/t21-,22-/m0/s1. The van der Waals surface area contributed by atoms with Gasteiger partial charge in [0.1, 0.15) is 17.4 Å². The van der Waals surface area contributed by atoms with Gasteiger partial charge in [-0.2, -0.15) is 0 Å². The summed E-state index contributed by atoms with van der Waals surface area (Å²) in [5.41, 5.74) is 4.19. The summed E-state index contributed by atoms with van der Waals surface area (Å²) in [5, 5.41) is 11.0. The lowest BCUT2D eigenvalue weighted by Crippen LogP contribution is -2.60. The van der Waals surface area contributed by atoms with Gasteiger partial charge < -0.3 is 19.3 Å². The molecule has 0 heterocycles. The summed E-state index contributed by atoms with van der Waals surface area (Å²) in [5.74, 6) is -1.38. The van der Waals surface area contributed by atoms with E-state index in [9.17, 15) is 19.5 Å². The largest absolute Gasteiger partial charge is 0.496 e. The molecule has 0 aliphatic carbocycles. The maximum atomic E-state index is 13.3. The van der Waals surface area contributed by atoms with Crippen molar-refractivity contribution in [3.63, 3.8) is 0 Å². The molecule has 0 saturated heterocycles. The zero-order valence-corrected chi connectivity index (χ0v) is 21.7. The van der Waals surface area contributed by atoms with Crippen molar-refractivity contribution >= 4 is 18.0 Å². The highest BCUT2D eigenvalue weighted by molar-refractivity contribution is 5.82. The molecule has 196 valence electrons. The van der Waals surface area contributed by atoms with Gasteiger partial charge in [0.15, 0.2) is 6.04 Å². The molecule has 9 nitrogen and oxygen atoms in total. The number of rotatable bonds is 11. The van der Waals surface area contributed by atoms with Crippen molar-refractivity contribution in [1.82, 2.24) is 10.4 Å². The predicted molar refractivity (Wildman–Crippen MR) is 135 cm³/mol. The number of benzene rings is 2. The molecule has 2 aromatic carbocycles. The fourth-order valence-electron chi connectivity index (χ4n) is 3.58. The Morgan fingerprint density at radius 2 is 1.72 bits per heavy atom. The molecule has 0 aliphatic rings. The monoisotopic (exact) mass is 500 g/mol. The highest BCUT2D eigenvalue weighted by Crippen LogP contribution is 2.22. The summed E-state index contributed by atoms with van der Waals surface area (Å²) in [4.78, 5) is 38.6. The molecule has 0 bridgehead atoms. The normalized spacial score (nSPS) is 12.8. The first-order valence-corrected chi connectivity index (χ1v) is 11.8. The molecular formula is C27H36N2O7. The first-order chi connectivity index (χ1) is 16.9. The number of esters is 1. The van der Waals surface area contributed by atoms with Crippen LogP contribution in [0.3, 0.4) is 0 Å². The van der Waals surface area contributed by atoms with Gasteiger partial charge in [0.2, 0.25) is 0 Å². The van der Waals surface area contributed by atoms with E-state index in [1.165, 1.54) is 7.11 Å². The van der Waals surface area contributed by atoms with Crippen LogP contribution in [0, 0.1) is 6.92 Å². The summed E-state index contributed by atoms with van der Waals surface area (Å²) in [7, 11) is 1.50. The minimum atomic E-state index is -1.28. The van der Waals surface area contributed by atoms with Crippen LogP contribution in [0.5, 0.6) is 5.75 Å². The van der Waals surface area contributed by atoms with E-state index in [4.69, 9.17) is 14.2 Å². The van der Waals surface area contributed by atoms with Crippen LogP contribution in [0.2, 0.25) is 0 Å². The number of carbonyl (C=O) groups excluding carboxylic acids is 2. The lowest BCUT2D eigenvalue weighted by atomic mass is 10.0. The number of aliphatic carboxylic acids is 1. The van der Waals surface area contributed by atoms with Crippen LogP contribution in [0.15, 0.2) is 48.5 Å². The second-order valence-electron chi connectivity index (χ2n) is 9.35. The fraction of sp³-hybridized carbons (Fsp3) is 0.444. The number of carbonyl (C=O) groups is 3. The summed E-state index contributed by atoms with van der Waals surface area (Å²) in [6.45, 7) is 8.70. The van der Waals surface area contributed by atoms with Crippen LogP contribution in [0.4, 0.5) is 4.79 Å². The van der Waals surface area contributed by atoms with Crippen LogP contribution in [0.1, 0.15) is 44.4 Å². The maximum absolute atomic E-state index is 13.3. The Kier molecular flexibility index (Phi) is 10.3. The number of amides is 1. The molecule has 0 radical (unpaired) electrons. The van der Waals surface area contributed by atoms with Crippen molar-refractivity contribution in [2.75, 3.05) is 13.7 Å². The third-order valence-corrected chi connectivity index (χ3v) is 5.19. The molecule has 0 saturated carbocycles. The van der Waals surface area contributed by atoms with Crippen LogP contribution in [-0.2, 0) is 31.9 Å². The second kappa shape index (κ2) is 12.9.